The van der Waals surface area contributed by atoms with Gasteiger partial charge in [-0.3, -0.25) is 4.79 Å². The van der Waals surface area contributed by atoms with Gasteiger partial charge in [0.25, 0.3) is 0 Å². The van der Waals surface area contributed by atoms with E-state index in [1.807, 2.05) is 24.0 Å². The van der Waals surface area contributed by atoms with Crippen LogP contribution in [0.4, 0.5) is 0 Å². The number of hydrogen-bond donors (Lipinski definition) is 2. The molecular weight excluding hydrogens is 503 g/mol. The Hall–Kier alpha value is -1.06. The molecule has 3 rings (SSSR count). The lowest BCUT2D eigenvalue weighted by Gasteiger charge is -2.38. The molecule has 0 atom stereocenters. The third-order valence-electron chi connectivity index (χ3n) is 5.66. The molecule has 0 unspecified atom stereocenters. The van der Waals surface area contributed by atoms with Crippen molar-refractivity contribution in [2.45, 2.75) is 38.0 Å². The van der Waals surface area contributed by atoms with Gasteiger partial charge in [0.05, 0.1) is 0 Å². The van der Waals surface area contributed by atoms with Crippen LogP contribution in [0.5, 0.6) is 0 Å². The minimum absolute atomic E-state index is 0. The Balaban J connectivity index is 0.00000300. The second-order valence-corrected chi connectivity index (χ2v) is 7.98. The molecule has 2 aliphatic rings. The number of halogens is 2. The molecule has 0 aromatic heterocycles. The van der Waals surface area contributed by atoms with E-state index in [0.29, 0.717) is 5.96 Å². The van der Waals surface area contributed by atoms with Crippen molar-refractivity contribution >= 4 is 47.4 Å². The maximum Gasteiger partial charge on any atom is 0.244 e. The summed E-state index contributed by atoms with van der Waals surface area (Å²) in [7, 11) is 0. The zero-order chi connectivity index (χ0) is 19.8. The third kappa shape index (κ3) is 6.72. The zero-order valence-corrected chi connectivity index (χ0v) is 20.2. The average Bonchev–Trinajstić information content (AvgIpc) is 3.25. The van der Waals surface area contributed by atoms with E-state index < -0.39 is 0 Å². The zero-order valence-electron chi connectivity index (χ0n) is 17.1. The lowest BCUT2D eigenvalue weighted by molar-refractivity contribution is -0.128. The molecule has 2 heterocycles. The predicted molar refractivity (Wildman–Crippen MR) is 128 cm³/mol. The van der Waals surface area contributed by atoms with Crippen molar-refractivity contribution in [2.75, 3.05) is 45.9 Å². The van der Waals surface area contributed by atoms with Gasteiger partial charge < -0.3 is 20.3 Å². The molecule has 29 heavy (non-hydrogen) atoms. The first kappa shape index (κ1) is 24.2. The molecule has 0 radical (unpaired) electrons. The molecule has 0 aliphatic carbocycles. The molecule has 1 aromatic carbocycles. The Labute approximate surface area is 195 Å². The van der Waals surface area contributed by atoms with Gasteiger partial charge in [0.2, 0.25) is 5.91 Å². The lowest BCUT2D eigenvalue weighted by atomic mass is 9.74. The highest BCUT2D eigenvalue weighted by Crippen LogP contribution is 2.35. The van der Waals surface area contributed by atoms with Gasteiger partial charge in [-0.2, -0.15) is 0 Å². The smallest absolute Gasteiger partial charge is 0.244 e. The maximum atomic E-state index is 12.3. The van der Waals surface area contributed by atoms with Crippen LogP contribution in [0.1, 0.15) is 38.2 Å². The number of likely N-dealkylation sites (tertiary alicyclic amines) is 1. The van der Waals surface area contributed by atoms with Crippen LogP contribution in [0.3, 0.4) is 0 Å². The first-order valence-corrected chi connectivity index (χ1v) is 10.6. The van der Waals surface area contributed by atoms with Gasteiger partial charge in [-0.05, 0) is 50.3 Å². The molecule has 0 spiro atoms. The minimum Gasteiger partial charge on any atom is -0.381 e. The SMILES string of the molecule is CCNC(=NCC(=O)N1CCCC1)NCC1(c2cccc(Cl)c2)CCOCC1.I. The van der Waals surface area contributed by atoms with E-state index in [-0.39, 0.29) is 41.8 Å². The number of guanidine groups is 1. The number of carbonyl (C=O) groups is 1. The Bertz CT molecular complexity index is 689. The van der Waals surface area contributed by atoms with Crippen molar-refractivity contribution < 1.29 is 9.53 Å². The van der Waals surface area contributed by atoms with Crippen molar-refractivity contribution in [1.82, 2.24) is 15.5 Å². The van der Waals surface area contributed by atoms with Crippen LogP contribution in [-0.4, -0.2) is 62.7 Å². The molecule has 8 heteroatoms. The average molecular weight is 535 g/mol. The molecule has 1 amide bonds. The van der Waals surface area contributed by atoms with E-state index in [0.717, 1.165) is 70.1 Å². The van der Waals surface area contributed by atoms with Crippen LogP contribution in [0.2, 0.25) is 5.02 Å². The van der Waals surface area contributed by atoms with Gasteiger partial charge in [-0.25, -0.2) is 4.99 Å². The molecule has 0 bridgehead atoms. The quantitative estimate of drug-likeness (QED) is 0.334. The van der Waals surface area contributed by atoms with Gasteiger partial charge in [0.1, 0.15) is 6.54 Å². The summed E-state index contributed by atoms with van der Waals surface area (Å²) in [5, 5.41) is 7.47. The van der Waals surface area contributed by atoms with Crippen molar-refractivity contribution in [2.24, 2.45) is 4.99 Å². The van der Waals surface area contributed by atoms with E-state index in [2.05, 4.69) is 27.8 Å². The summed E-state index contributed by atoms with van der Waals surface area (Å²) >= 11 is 6.26. The van der Waals surface area contributed by atoms with Crippen LogP contribution >= 0.6 is 35.6 Å². The van der Waals surface area contributed by atoms with Gasteiger partial charge in [-0.15, -0.1) is 24.0 Å². The Kier molecular flexibility index (Phi) is 9.98. The minimum atomic E-state index is -0.0572. The molecule has 1 aromatic rings. The first-order chi connectivity index (χ1) is 13.6. The Morgan fingerprint density at radius 1 is 1.24 bits per heavy atom. The van der Waals surface area contributed by atoms with E-state index in [1.165, 1.54) is 5.56 Å². The first-order valence-electron chi connectivity index (χ1n) is 10.3. The number of carbonyl (C=O) groups excluding carboxylic acids is 1. The molecule has 162 valence electrons. The lowest BCUT2D eigenvalue weighted by Crippen LogP contribution is -2.48. The van der Waals surface area contributed by atoms with E-state index in [9.17, 15) is 4.79 Å². The predicted octanol–water partition coefficient (Wildman–Crippen LogP) is 3.18. The summed E-state index contributed by atoms with van der Waals surface area (Å²) in [5.74, 6) is 0.785. The van der Waals surface area contributed by atoms with Crippen LogP contribution in [0.25, 0.3) is 0 Å². The molecule has 2 N–H and O–H groups in total. The number of nitrogens with one attached hydrogen (secondary N) is 2. The monoisotopic (exact) mass is 534 g/mol. The third-order valence-corrected chi connectivity index (χ3v) is 5.89. The van der Waals surface area contributed by atoms with Crippen LogP contribution in [0.15, 0.2) is 29.3 Å². The van der Waals surface area contributed by atoms with Crippen LogP contribution in [0, 0.1) is 0 Å². The highest BCUT2D eigenvalue weighted by molar-refractivity contribution is 14.0. The molecule has 6 nitrogen and oxygen atoms in total. The molecule has 2 aliphatic heterocycles. The van der Waals surface area contributed by atoms with Crippen molar-refractivity contribution in [3.8, 4) is 0 Å². The van der Waals surface area contributed by atoms with Crippen molar-refractivity contribution in [3.05, 3.63) is 34.9 Å². The summed E-state index contributed by atoms with van der Waals surface area (Å²) in [6, 6.07) is 8.10. The molecular formula is C21H32ClIN4O2. The number of rotatable bonds is 6. The highest BCUT2D eigenvalue weighted by atomic mass is 127. The number of benzene rings is 1. The summed E-state index contributed by atoms with van der Waals surface area (Å²) in [6.45, 7) is 6.86. The van der Waals surface area contributed by atoms with E-state index in [4.69, 9.17) is 16.3 Å². The van der Waals surface area contributed by atoms with Crippen LogP contribution in [-0.2, 0) is 14.9 Å². The van der Waals surface area contributed by atoms with Gasteiger partial charge in [0, 0.05) is 49.8 Å². The van der Waals surface area contributed by atoms with Crippen molar-refractivity contribution in [1.29, 1.82) is 0 Å². The molecule has 0 saturated carbocycles. The van der Waals surface area contributed by atoms with Crippen LogP contribution < -0.4 is 10.6 Å². The molecule has 2 fully saturated rings. The number of hydrogen-bond acceptors (Lipinski definition) is 3. The topological polar surface area (TPSA) is 66.0 Å². The fourth-order valence-corrected chi connectivity index (χ4v) is 4.15. The number of nitrogens with zero attached hydrogens (tertiary/aromatic N) is 2. The summed E-state index contributed by atoms with van der Waals surface area (Å²) in [4.78, 5) is 18.7. The fourth-order valence-electron chi connectivity index (χ4n) is 3.96. The van der Waals surface area contributed by atoms with E-state index >= 15 is 0 Å². The van der Waals surface area contributed by atoms with Crippen molar-refractivity contribution in [3.63, 3.8) is 0 Å². The van der Waals surface area contributed by atoms with E-state index in [1.54, 1.807) is 0 Å². The Morgan fingerprint density at radius 3 is 2.62 bits per heavy atom. The standard InChI is InChI=1S/C21H31ClN4O2.HI/c1-2-23-20(24-15-19(27)26-10-3-4-11-26)25-16-21(8-12-28-13-9-21)17-6-5-7-18(22)14-17;/h5-7,14H,2-4,8-13,15-16H2,1H3,(H2,23,24,25);1H. The maximum absolute atomic E-state index is 12.3. The summed E-state index contributed by atoms with van der Waals surface area (Å²) < 4.78 is 5.61. The summed E-state index contributed by atoms with van der Waals surface area (Å²) in [5.41, 5.74) is 1.16. The normalized spacial score (nSPS) is 18.8. The highest BCUT2D eigenvalue weighted by Gasteiger charge is 2.34. The van der Waals surface area contributed by atoms with Gasteiger partial charge in [0.15, 0.2) is 5.96 Å². The van der Waals surface area contributed by atoms with Gasteiger partial charge >= 0.3 is 0 Å². The fraction of sp³-hybridized carbons (Fsp3) is 0.619. The molecule has 2 saturated heterocycles. The summed E-state index contributed by atoms with van der Waals surface area (Å²) in [6.07, 6.45) is 4.04. The largest absolute Gasteiger partial charge is 0.381 e. The number of amides is 1. The Morgan fingerprint density at radius 2 is 1.97 bits per heavy atom. The number of ether oxygens (including phenoxy) is 1. The van der Waals surface area contributed by atoms with Gasteiger partial charge in [-0.1, -0.05) is 23.7 Å². The number of aliphatic imine (C=N–C) groups is 1. The second kappa shape index (κ2) is 12.0. The second-order valence-electron chi connectivity index (χ2n) is 7.54.